The second-order valence-electron chi connectivity index (χ2n) is 7.29. The number of benzene rings is 3. The van der Waals surface area contributed by atoms with Crippen LogP contribution in [0, 0.1) is 0 Å². The molecule has 30 heavy (non-hydrogen) atoms. The maximum Gasteiger partial charge on any atom is 0.243 e. The van der Waals surface area contributed by atoms with E-state index in [9.17, 15) is 8.42 Å². The molecule has 0 spiro atoms. The van der Waals surface area contributed by atoms with E-state index in [-0.39, 0.29) is 0 Å². The Morgan fingerprint density at radius 3 is 2.23 bits per heavy atom. The van der Waals surface area contributed by atoms with Gasteiger partial charge in [0.2, 0.25) is 16.0 Å². The smallest absolute Gasteiger partial charge is 0.243 e. The number of nitrogens with two attached hydrogens (primary N) is 1. The SMILES string of the molecule is Nc1nc(N2CCN(S(=O)(=O)c3cccc4ccccc34)CC2)nc2ccccc12. The molecule has 7 nitrogen and oxygen atoms in total. The summed E-state index contributed by atoms with van der Waals surface area (Å²) in [6, 6.07) is 20.5. The summed E-state index contributed by atoms with van der Waals surface area (Å²) in [5.74, 6) is 0.967. The molecule has 4 aromatic rings. The zero-order valence-electron chi connectivity index (χ0n) is 16.3. The molecule has 8 heteroatoms. The zero-order chi connectivity index (χ0) is 20.7. The monoisotopic (exact) mass is 419 g/mol. The molecule has 2 heterocycles. The summed E-state index contributed by atoms with van der Waals surface area (Å²) in [5.41, 5.74) is 6.89. The maximum absolute atomic E-state index is 13.3. The normalized spacial score (nSPS) is 15.7. The summed E-state index contributed by atoms with van der Waals surface area (Å²) in [6.45, 7) is 1.73. The quantitative estimate of drug-likeness (QED) is 0.549. The summed E-state index contributed by atoms with van der Waals surface area (Å²) in [4.78, 5) is 11.4. The Bertz CT molecular complexity index is 1340. The summed E-state index contributed by atoms with van der Waals surface area (Å²) in [5, 5.41) is 2.48. The molecule has 3 aromatic carbocycles. The number of para-hydroxylation sites is 1. The van der Waals surface area contributed by atoms with Crippen molar-refractivity contribution in [2.24, 2.45) is 0 Å². The van der Waals surface area contributed by atoms with Crippen molar-refractivity contribution in [1.82, 2.24) is 14.3 Å². The van der Waals surface area contributed by atoms with Crippen molar-refractivity contribution < 1.29 is 8.42 Å². The van der Waals surface area contributed by atoms with Gasteiger partial charge < -0.3 is 10.6 Å². The van der Waals surface area contributed by atoms with Gasteiger partial charge in [-0.3, -0.25) is 0 Å². The first-order chi connectivity index (χ1) is 14.5. The van der Waals surface area contributed by atoms with Crippen molar-refractivity contribution in [3.05, 3.63) is 66.7 Å². The molecular weight excluding hydrogens is 398 g/mol. The fraction of sp³-hybridized carbons (Fsp3) is 0.182. The lowest BCUT2D eigenvalue weighted by Crippen LogP contribution is -2.49. The lowest BCUT2D eigenvalue weighted by Gasteiger charge is -2.34. The van der Waals surface area contributed by atoms with Gasteiger partial charge in [0.05, 0.1) is 10.4 Å². The van der Waals surface area contributed by atoms with Gasteiger partial charge in [-0.2, -0.15) is 9.29 Å². The van der Waals surface area contributed by atoms with Crippen molar-refractivity contribution in [3.8, 4) is 0 Å². The maximum atomic E-state index is 13.3. The molecule has 0 aliphatic carbocycles. The predicted octanol–water partition coefficient (Wildman–Crippen LogP) is 2.88. The Kier molecular flexibility index (Phi) is 4.52. The molecule has 1 aromatic heterocycles. The minimum absolute atomic E-state index is 0.347. The highest BCUT2D eigenvalue weighted by Crippen LogP contribution is 2.27. The lowest BCUT2D eigenvalue weighted by atomic mass is 10.1. The molecule has 0 atom stereocenters. The van der Waals surface area contributed by atoms with Gasteiger partial charge in [-0.1, -0.05) is 48.5 Å². The van der Waals surface area contributed by atoms with Gasteiger partial charge >= 0.3 is 0 Å². The Morgan fingerprint density at radius 2 is 1.43 bits per heavy atom. The second-order valence-corrected chi connectivity index (χ2v) is 9.20. The number of rotatable bonds is 3. The molecular formula is C22H21N5O2S. The Morgan fingerprint density at radius 1 is 0.767 bits per heavy atom. The molecule has 0 radical (unpaired) electrons. The first-order valence-electron chi connectivity index (χ1n) is 9.79. The molecule has 1 aliphatic rings. The van der Waals surface area contributed by atoms with Gasteiger partial charge in [-0.05, 0) is 23.6 Å². The molecule has 152 valence electrons. The van der Waals surface area contributed by atoms with Crippen LogP contribution >= 0.6 is 0 Å². The Balaban J connectivity index is 1.40. The highest BCUT2D eigenvalue weighted by Gasteiger charge is 2.30. The number of aromatic nitrogens is 2. The third-order valence-corrected chi connectivity index (χ3v) is 7.47. The van der Waals surface area contributed by atoms with Crippen molar-refractivity contribution in [2.45, 2.75) is 4.90 Å². The van der Waals surface area contributed by atoms with Crippen molar-refractivity contribution in [3.63, 3.8) is 0 Å². The van der Waals surface area contributed by atoms with Gasteiger partial charge in [-0.15, -0.1) is 0 Å². The molecule has 1 aliphatic heterocycles. The summed E-state index contributed by atoms with van der Waals surface area (Å²) < 4.78 is 28.2. The molecule has 0 unspecified atom stereocenters. The van der Waals surface area contributed by atoms with Crippen LogP contribution in [-0.4, -0.2) is 48.9 Å². The van der Waals surface area contributed by atoms with Gasteiger partial charge in [0.1, 0.15) is 5.82 Å². The van der Waals surface area contributed by atoms with E-state index in [1.807, 2.05) is 59.5 Å². The second kappa shape index (κ2) is 7.23. The standard InChI is InChI=1S/C22H21N5O2S/c23-21-18-9-3-4-10-19(18)24-22(25-21)26-12-14-27(15-13-26)30(28,29)20-11-5-7-16-6-1-2-8-17(16)20/h1-11H,12-15H2,(H2,23,24,25). The number of hydrogen-bond donors (Lipinski definition) is 1. The van der Waals surface area contributed by atoms with Crippen LogP contribution in [0.4, 0.5) is 11.8 Å². The largest absolute Gasteiger partial charge is 0.383 e. The number of anilines is 2. The van der Waals surface area contributed by atoms with Gasteiger partial charge in [0.25, 0.3) is 0 Å². The van der Waals surface area contributed by atoms with Crippen LogP contribution in [-0.2, 0) is 10.0 Å². The van der Waals surface area contributed by atoms with Crippen LogP contribution in [0.15, 0.2) is 71.6 Å². The average Bonchev–Trinajstić information content (AvgIpc) is 2.79. The third kappa shape index (κ3) is 3.14. The van der Waals surface area contributed by atoms with E-state index in [0.717, 1.165) is 21.7 Å². The van der Waals surface area contributed by atoms with Crippen LogP contribution in [0.3, 0.4) is 0 Å². The topological polar surface area (TPSA) is 92.4 Å². The minimum atomic E-state index is -3.60. The fourth-order valence-corrected chi connectivity index (χ4v) is 5.55. The predicted molar refractivity (Wildman–Crippen MR) is 119 cm³/mol. The van der Waals surface area contributed by atoms with Crippen molar-refractivity contribution in [2.75, 3.05) is 36.8 Å². The highest BCUT2D eigenvalue weighted by molar-refractivity contribution is 7.89. The molecule has 2 N–H and O–H groups in total. The van der Waals surface area contributed by atoms with E-state index < -0.39 is 10.0 Å². The highest BCUT2D eigenvalue weighted by atomic mass is 32.2. The average molecular weight is 420 g/mol. The molecule has 1 saturated heterocycles. The molecule has 0 amide bonds. The van der Waals surface area contributed by atoms with Crippen LogP contribution < -0.4 is 10.6 Å². The molecule has 0 bridgehead atoms. The Labute approximate surface area is 174 Å². The van der Waals surface area contributed by atoms with Crippen LogP contribution in [0.25, 0.3) is 21.7 Å². The first kappa shape index (κ1) is 18.8. The summed E-state index contributed by atoms with van der Waals surface area (Å²) >= 11 is 0. The molecule has 0 saturated carbocycles. The number of sulfonamides is 1. The molecule has 5 rings (SSSR count). The zero-order valence-corrected chi connectivity index (χ0v) is 17.1. The van der Waals surface area contributed by atoms with Crippen LogP contribution in [0.1, 0.15) is 0 Å². The van der Waals surface area contributed by atoms with Gasteiger partial charge in [0, 0.05) is 37.0 Å². The lowest BCUT2D eigenvalue weighted by molar-refractivity contribution is 0.383. The molecule has 1 fully saturated rings. The third-order valence-electron chi connectivity index (χ3n) is 5.51. The minimum Gasteiger partial charge on any atom is -0.383 e. The number of nitrogen functional groups attached to an aromatic ring is 1. The van der Waals surface area contributed by atoms with Crippen molar-refractivity contribution in [1.29, 1.82) is 0 Å². The van der Waals surface area contributed by atoms with E-state index in [1.165, 1.54) is 4.31 Å². The summed E-state index contributed by atoms with van der Waals surface area (Å²) in [7, 11) is -3.60. The van der Waals surface area contributed by atoms with Crippen LogP contribution in [0.5, 0.6) is 0 Å². The number of fused-ring (bicyclic) bond motifs is 2. The fourth-order valence-electron chi connectivity index (χ4n) is 3.92. The van der Waals surface area contributed by atoms with E-state index in [0.29, 0.717) is 42.8 Å². The van der Waals surface area contributed by atoms with Gasteiger partial charge in [-0.25, -0.2) is 13.4 Å². The van der Waals surface area contributed by atoms with Crippen molar-refractivity contribution >= 4 is 43.5 Å². The van der Waals surface area contributed by atoms with Gasteiger partial charge in [0.15, 0.2) is 0 Å². The number of nitrogens with zero attached hydrogens (tertiary/aromatic N) is 4. The number of piperazine rings is 1. The Hall–Kier alpha value is -3.23. The van der Waals surface area contributed by atoms with E-state index in [2.05, 4.69) is 9.97 Å². The van der Waals surface area contributed by atoms with E-state index in [1.54, 1.807) is 12.1 Å². The van der Waals surface area contributed by atoms with E-state index >= 15 is 0 Å². The first-order valence-corrected chi connectivity index (χ1v) is 11.2. The summed E-state index contributed by atoms with van der Waals surface area (Å²) in [6.07, 6.45) is 0. The number of hydrogen-bond acceptors (Lipinski definition) is 6. The van der Waals surface area contributed by atoms with E-state index in [4.69, 9.17) is 5.73 Å². The van der Waals surface area contributed by atoms with Crippen LogP contribution in [0.2, 0.25) is 0 Å².